The minimum absolute atomic E-state index is 0.0457. The van der Waals surface area contributed by atoms with E-state index in [0.29, 0.717) is 50.8 Å². The molecule has 0 unspecified atom stereocenters. The average Bonchev–Trinajstić information content (AvgIpc) is 2.83. The summed E-state index contributed by atoms with van der Waals surface area (Å²) in [5.41, 5.74) is 1.63. The van der Waals surface area contributed by atoms with Crippen LogP contribution in [0.2, 0.25) is 0 Å². The number of pyridine rings is 1. The van der Waals surface area contributed by atoms with Crippen molar-refractivity contribution in [2.45, 2.75) is 25.2 Å². The number of rotatable bonds is 8. The molecule has 1 aliphatic heterocycles. The molecule has 3 aromatic rings. The topological polar surface area (TPSA) is 101 Å². The zero-order valence-corrected chi connectivity index (χ0v) is 18.2. The van der Waals surface area contributed by atoms with Crippen LogP contribution in [0.1, 0.15) is 24.0 Å². The van der Waals surface area contributed by atoms with E-state index in [2.05, 4.69) is 30.9 Å². The molecule has 1 saturated heterocycles. The normalized spacial score (nSPS) is 15.0. The SMILES string of the molecule is Cc1ccnc(Nc2cc(NCCNC(=O)C3(c4ccccc4)CCOCC3)ncn2)c1. The van der Waals surface area contributed by atoms with E-state index in [-0.39, 0.29) is 5.91 Å². The van der Waals surface area contributed by atoms with Crippen molar-refractivity contribution in [3.63, 3.8) is 0 Å². The second kappa shape index (κ2) is 10.2. The summed E-state index contributed by atoms with van der Waals surface area (Å²) in [5, 5.41) is 9.51. The Morgan fingerprint density at radius 3 is 2.50 bits per heavy atom. The molecule has 0 radical (unpaired) electrons. The molecule has 1 aromatic carbocycles. The maximum Gasteiger partial charge on any atom is 0.230 e. The number of aromatic nitrogens is 3. The van der Waals surface area contributed by atoms with Crippen LogP contribution in [0.25, 0.3) is 0 Å². The fourth-order valence-electron chi connectivity index (χ4n) is 3.92. The first kappa shape index (κ1) is 21.7. The van der Waals surface area contributed by atoms with Crippen molar-refractivity contribution in [1.29, 1.82) is 0 Å². The van der Waals surface area contributed by atoms with Crippen LogP contribution in [-0.2, 0) is 14.9 Å². The third kappa shape index (κ3) is 5.20. The van der Waals surface area contributed by atoms with Gasteiger partial charge in [-0.1, -0.05) is 30.3 Å². The third-order valence-electron chi connectivity index (χ3n) is 5.66. The third-order valence-corrected chi connectivity index (χ3v) is 5.66. The second-order valence-corrected chi connectivity index (χ2v) is 7.88. The van der Waals surface area contributed by atoms with Gasteiger partial charge in [-0.25, -0.2) is 15.0 Å². The van der Waals surface area contributed by atoms with Crippen molar-refractivity contribution in [1.82, 2.24) is 20.3 Å². The van der Waals surface area contributed by atoms with Crippen LogP contribution >= 0.6 is 0 Å². The first-order chi connectivity index (χ1) is 15.7. The number of carbonyl (C=O) groups excluding carboxylic acids is 1. The fourth-order valence-corrected chi connectivity index (χ4v) is 3.92. The fraction of sp³-hybridized carbons (Fsp3) is 0.333. The van der Waals surface area contributed by atoms with E-state index in [4.69, 9.17) is 4.74 Å². The number of amides is 1. The van der Waals surface area contributed by atoms with Crippen molar-refractivity contribution < 1.29 is 9.53 Å². The molecule has 8 nitrogen and oxygen atoms in total. The molecule has 0 saturated carbocycles. The monoisotopic (exact) mass is 432 g/mol. The van der Waals surface area contributed by atoms with Crippen LogP contribution in [0.15, 0.2) is 61.1 Å². The number of ether oxygens (including phenoxy) is 1. The lowest BCUT2D eigenvalue weighted by atomic mass is 9.73. The van der Waals surface area contributed by atoms with Gasteiger partial charge in [-0.15, -0.1) is 0 Å². The van der Waals surface area contributed by atoms with E-state index in [0.717, 1.165) is 16.9 Å². The predicted molar refractivity (Wildman–Crippen MR) is 124 cm³/mol. The summed E-state index contributed by atoms with van der Waals surface area (Å²) in [6.45, 7) is 4.23. The number of anilines is 3. The van der Waals surface area contributed by atoms with E-state index >= 15 is 0 Å². The predicted octanol–water partition coefficient (Wildman–Crippen LogP) is 3.20. The van der Waals surface area contributed by atoms with Crippen molar-refractivity contribution >= 4 is 23.4 Å². The van der Waals surface area contributed by atoms with Crippen molar-refractivity contribution in [3.8, 4) is 0 Å². The molecule has 1 aliphatic rings. The van der Waals surface area contributed by atoms with Gasteiger partial charge in [0.25, 0.3) is 0 Å². The number of aryl methyl sites for hydroxylation is 1. The summed E-state index contributed by atoms with van der Waals surface area (Å²) in [4.78, 5) is 26.0. The maximum absolute atomic E-state index is 13.2. The van der Waals surface area contributed by atoms with Gasteiger partial charge >= 0.3 is 0 Å². The standard InChI is InChI=1S/C24H28N6O2/c1-18-7-10-25-21(15-18)30-22-16-20(28-17-29-22)26-11-12-27-23(31)24(8-13-32-14-9-24)19-5-3-2-4-6-19/h2-7,10,15-17H,8-9,11-14H2,1H3,(H,27,31)(H2,25,26,28,29,30). The summed E-state index contributed by atoms with van der Waals surface area (Å²) in [7, 11) is 0. The second-order valence-electron chi connectivity index (χ2n) is 7.88. The molecule has 166 valence electrons. The molecule has 0 aliphatic carbocycles. The van der Waals surface area contributed by atoms with Gasteiger partial charge in [-0.05, 0) is 43.0 Å². The molecule has 1 amide bonds. The Labute approximate surface area is 187 Å². The van der Waals surface area contributed by atoms with E-state index in [1.165, 1.54) is 6.33 Å². The van der Waals surface area contributed by atoms with Gasteiger partial charge in [0.15, 0.2) is 0 Å². The van der Waals surface area contributed by atoms with Crippen molar-refractivity contribution in [3.05, 3.63) is 72.2 Å². The molecule has 1 fully saturated rings. The van der Waals surface area contributed by atoms with Gasteiger partial charge in [0, 0.05) is 38.6 Å². The Kier molecular flexibility index (Phi) is 6.91. The van der Waals surface area contributed by atoms with E-state index in [1.807, 2.05) is 55.5 Å². The van der Waals surface area contributed by atoms with Crippen molar-refractivity contribution in [2.24, 2.45) is 0 Å². The Morgan fingerprint density at radius 2 is 1.72 bits per heavy atom. The lowest BCUT2D eigenvalue weighted by Crippen LogP contribution is -2.49. The van der Waals surface area contributed by atoms with Crippen LogP contribution in [0.3, 0.4) is 0 Å². The van der Waals surface area contributed by atoms with Crippen LogP contribution in [0.4, 0.5) is 17.5 Å². The number of hydrogen-bond donors (Lipinski definition) is 3. The Balaban J connectivity index is 1.32. The van der Waals surface area contributed by atoms with E-state index < -0.39 is 5.41 Å². The van der Waals surface area contributed by atoms with Crippen LogP contribution < -0.4 is 16.0 Å². The summed E-state index contributed by atoms with van der Waals surface area (Å²) >= 11 is 0. The van der Waals surface area contributed by atoms with Crippen LogP contribution in [0.5, 0.6) is 0 Å². The smallest absolute Gasteiger partial charge is 0.230 e. The Morgan fingerprint density at radius 1 is 0.969 bits per heavy atom. The highest BCUT2D eigenvalue weighted by Crippen LogP contribution is 2.35. The lowest BCUT2D eigenvalue weighted by Gasteiger charge is -2.36. The highest BCUT2D eigenvalue weighted by Gasteiger charge is 2.41. The van der Waals surface area contributed by atoms with E-state index in [9.17, 15) is 4.79 Å². The molecule has 0 atom stereocenters. The summed E-state index contributed by atoms with van der Waals surface area (Å²) in [5.74, 6) is 2.09. The molecule has 8 heteroatoms. The molecule has 4 rings (SSSR count). The Hall–Kier alpha value is -3.52. The van der Waals surface area contributed by atoms with E-state index in [1.54, 1.807) is 6.20 Å². The minimum atomic E-state index is -0.535. The summed E-state index contributed by atoms with van der Waals surface area (Å²) in [6, 6.07) is 15.7. The highest BCUT2D eigenvalue weighted by atomic mass is 16.5. The minimum Gasteiger partial charge on any atom is -0.381 e. The largest absolute Gasteiger partial charge is 0.381 e. The zero-order valence-electron chi connectivity index (χ0n) is 18.2. The van der Waals surface area contributed by atoms with Crippen LogP contribution in [-0.4, -0.2) is 47.2 Å². The highest BCUT2D eigenvalue weighted by molar-refractivity contribution is 5.88. The molecular weight excluding hydrogens is 404 g/mol. The van der Waals surface area contributed by atoms with Gasteiger partial charge in [0.2, 0.25) is 5.91 Å². The Bertz CT molecular complexity index is 1040. The van der Waals surface area contributed by atoms with Gasteiger partial charge in [0.1, 0.15) is 23.8 Å². The molecule has 0 spiro atoms. The van der Waals surface area contributed by atoms with Crippen molar-refractivity contribution in [2.75, 3.05) is 36.9 Å². The molecule has 3 N–H and O–H groups in total. The van der Waals surface area contributed by atoms with Gasteiger partial charge in [-0.3, -0.25) is 4.79 Å². The first-order valence-corrected chi connectivity index (χ1v) is 10.8. The average molecular weight is 433 g/mol. The molecule has 3 heterocycles. The summed E-state index contributed by atoms with van der Waals surface area (Å²) in [6.07, 6.45) is 4.61. The number of nitrogens with zero attached hydrogens (tertiary/aromatic N) is 3. The number of benzene rings is 1. The number of carbonyl (C=O) groups is 1. The molecule has 2 aromatic heterocycles. The number of nitrogens with one attached hydrogen (secondary N) is 3. The zero-order chi connectivity index (χ0) is 22.2. The number of hydrogen-bond acceptors (Lipinski definition) is 7. The first-order valence-electron chi connectivity index (χ1n) is 10.8. The lowest BCUT2D eigenvalue weighted by molar-refractivity contribution is -0.130. The van der Waals surface area contributed by atoms with Gasteiger partial charge in [-0.2, -0.15) is 0 Å². The molecule has 0 bridgehead atoms. The van der Waals surface area contributed by atoms with Gasteiger partial charge in [0.05, 0.1) is 5.41 Å². The summed E-state index contributed by atoms with van der Waals surface area (Å²) < 4.78 is 5.52. The molecule has 32 heavy (non-hydrogen) atoms. The van der Waals surface area contributed by atoms with Gasteiger partial charge < -0.3 is 20.7 Å². The molecular formula is C24H28N6O2. The quantitative estimate of drug-likeness (QED) is 0.470. The maximum atomic E-state index is 13.2. The van der Waals surface area contributed by atoms with Crippen LogP contribution in [0, 0.1) is 6.92 Å².